The molecule has 0 saturated carbocycles. The number of thiazole rings is 1. The van der Waals surface area contributed by atoms with Crippen LogP contribution in [0.4, 0.5) is 18.0 Å². The molecule has 1 aliphatic heterocycles. The molecule has 1 aliphatic rings. The summed E-state index contributed by atoms with van der Waals surface area (Å²) in [5, 5.41) is 10.2. The maximum atomic E-state index is 13.9. The Balaban J connectivity index is 1.41. The Bertz CT molecular complexity index is 1280. The zero-order chi connectivity index (χ0) is 28.3. The average molecular weight is 563 g/mol. The number of benzene rings is 2. The van der Waals surface area contributed by atoms with E-state index in [9.17, 15) is 23.1 Å². The number of carbonyl (C=O) groups is 1. The standard InChI is InChI=1S/C29H33F3N2O4S/c1-27(2)34(26(35)36)28(3,19-38-27)25-33-18-24(39-25)21-14-15-23(22(17-21)29(30,31)32)37-16-10-5-4-7-11-20-12-8-6-9-13-20/h6,8-9,12-15,17-18H,4-5,7,10-11,16,19H2,1-3H3,(H,35,36). The first-order chi connectivity index (χ1) is 18.4. The first-order valence-corrected chi connectivity index (χ1v) is 13.8. The molecule has 4 rings (SSSR count). The lowest BCUT2D eigenvalue weighted by molar-refractivity contribution is -0.138. The van der Waals surface area contributed by atoms with Gasteiger partial charge in [0.1, 0.15) is 22.0 Å². The second-order valence-corrected chi connectivity index (χ2v) is 11.4. The summed E-state index contributed by atoms with van der Waals surface area (Å²) in [6, 6.07) is 14.2. The molecule has 10 heteroatoms. The summed E-state index contributed by atoms with van der Waals surface area (Å²) in [6.45, 7) is 5.31. The summed E-state index contributed by atoms with van der Waals surface area (Å²) < 4.78 is 53.1. The van der Waals surface area contributed by atoms with E-state index >= 15 is 0 Å². The largest absolute Gasteiger partial charge is 0.493 e. The van der Waals surface area contributed by atoms with Crippen molar-refractivity contribution in [1.29, 1.82) is 0 Å². The van der Waals surface area contributed by atoms with Gasteiger partial charge in [0.25, 0.3) is 0 Å². The minimum absolute atomic E-state index is 0.0894. The van der Waals surface area contributed by atoms with E-state index in [1.807, 2.05) is 18.2 Å². The molecule has 6 nitrogen and oxygen atoms in total. The molecule has 39 heavy (non-hydrogen) atoms. The highest BCUT2D eigenvalue weighted by Crippen LogP contribution is 2.45. The van der Waals surface area contributed by atoms with Crippen molar-refractivity contribution in [3.63, 3.8) is 0 Å². The van der Waals surface area contributed by atoms with Crippen molar-refractivity contribution < 1.29 is 32.5 Å². The summed E-state index contributed by atoms with van der Waals surface area (Å²) in [5.74, 6) is -0.199. The molecule has 1 saturated heterocycles. The highest BCUT2D eigenvalue weighted by molar-refractivity contribution is 7.15. The van der Waals surface area contributed by atoms with Gasteiger partial charge in [-0.25, -0.2) is 9.78 Å². The second kappa shape index (κ2) is 11.6. The summed E-state index contributed by atoms with van der Waals surface area (Å²) in [4.78, 5) is 18.1. The smallest absolute Gasteiger partial charge is 0.419 e. The van der Waals surface area contributed by atoms with E-state index in [4.69, 9.17) is 9.47 Å². The number of hydrogen-bond donors (Lipinski definition) is 1. The predicted octanol–water partition coefficient (Wildman–Crippen LogP) is 7.97. The highest BCUT2D eigenvalue weighted by Gasteiger charge is 2.54. The normalized spacial score (nSPS) is 18.9. The number of halogens is 3. The lowest BCUT2D eigenvalue weighted by Gasteiger charge is -2.36. The second-order valence-electron chi connectivity index (χ2n) is 10.4. The third-order valence-corrected chi connectivity index (χ3v) is 8.23. The van der Waals surface area contributed by atoms with Crippen LogP contribution in [0.5, 0.6) is 5.75 Å². The van der Waals surface area contributed by atoms with Gasteiger partial charge in [0.05, 0.1) is 23.7 Å². The van der Waals surface area contributed by atoms with Crippen LogP contribution in [0.2, 0.25) is 0 Å². The van der Waals surface area contributed by atoms with E-state index in [1.165, 1.54) is 22.7 Å². The van der Waals surface area contributed by atoms with E-state index in [0.29, 0.717) is 21.9 Å². The Morgan fingerprint density at radius 3 is 2.51 bits per heavy atom. The fourth-order valence-electron chi connectivity index (χ4n) is 4.94. The Labute approximate surface area is 230 Å². The highest BCUT2D eigenvalue weighted by atomic mass is 32.1. The van der Waals surface area contributed by atoms with Gasteiger partial charge in [-0.3, -0.25) is 4.90 Å². The van der Waals surface area contributed by atoms with Crippen LogP contribution in [-0.2, 0) is 22.9 Å². The minimum Gasteiger partial charge on any atom is -0.493 e. The van der Waals surface area contributed by atoms with Gasteiger partial charge in [0, 0.05) is 6.20 Å². The number of aromatic nitrogens is 1. The molecule has 0 bridgehead atoms. The molecule has 1 fully saturated rings. The molecule has 0 spiro atoms. The Hall–Kier alpha value is -3.11. The molecule has 0 aliphatic carbocycles. The van der Waals surface area contributed by atoms with E-state index in [1.54, 1.807) is 26.8 Å². The van der Waals surface area contributed by atoms with Gasteiger partial charge in [-0.05, 0) is 69.4 Å². The van der Waals surface area contributed by atoms with Crippen LogP contribution >= 0.6 is 11.3 Å². The summed E-state index contributed by atoms with van der Waals surface area (Å²) >= 11 is 1.15. The van der Waals surface area contributed by atoms with E-state index in [-0.39, 0.29) is 19.0 Å². The number of aryl methyl sites for hydroxylation is 1. The van der Waals surface area contributed by atoms with Gasteiger partial charge in [0.15, 0.2) is 0 Å². The number of rotatable bonds is 10. The number of unbranched alkanes of at least 4 members (excludes halogenated alkanes) is 3. The number of ether oxygens (including phenoxy) is 2. The molecule has 2 aromatic carbocycles. The summed E-state index contributed by atoms with van der Waals surface area (Å²) in [6.07, 6.45) is 0.262. The molecular weight excluding hydrogens is 529 g/mol. The fraction of sp³-hybridized carbons (Fsp3) is 0.448. The first-order valence-electron chi connectivity index (χ1n) is 12.9. The molecule has 2 heterocycles. The van der Waals surface area contributed by atoms with E-state index < -0.39 is 29.1 Å². The monoisotopic (exact) mass is 562 g/mol. The molecule has 3 aromatic rings. The average Bonchev–Trinajstić information content (AvgIpc) is 3.47. The molecular formula is C29H33F3N2O4S. The van der Waals surface area contributed by atoms with Crippen LogP contribution in [-0.4, -0.2) is 40.0 Å². The first kappa shape index (κ1) is 28.9. The van der Waals surface area contributed by atoms with E-state index in [2.05, 4.69) is 17.1 Å². The van der Waals surface area contributed by atoms with Crippen molar-refractivity contribution in [1.82, 2.24) is 9.88 Å². The molecule has 1 atom stereocenters. The Morgan fingerprint density at radius 1 is 1.10 bits per heavy atom. The Morgan fingerprint density at radius 2 is 1.82 bits per heavy atom. The van der Waals surface area contributed by atoms with Crippen molar-refractivity contribution in [3.8, 4) is 16.2 Å². The lowest BCUT2D eigenvalue weighted by atomic mass is 10.0. The van der Waals surface area contributed by atoms with Gasteiger partial charge in [-0.15, -0.1) is 11.3 Å². The van der Waals surface area contributed by atoms with Crippen LogP contribution < -0.4 is 4.74 Å². The van der Waals surface area contributed by atoms with Gasteiger partial charge in [-0.2, -0.15) is 13.2 Å². The zero-order valence-electron chi connectivity index (χ0n) is 22.3. The summed E-state index contributed by atoms with van der Waals surface area (Å²) in [7, 11) is 0. The van der Waals surface area contributed by atoms with Gasteiger partial charge in [0.2, 0.25) is 0 Å². The number of nitrogens with zero attached hydrogens (tertiary/aromatic N) is 2. The van der Waals surface area contributed by atoms with Crippen LogP contribution in [0.3, 0.4) is 0 Å². The third-order valence-electron chi connectivity index (χ3n) is 6.93. The minimum atomic E-state index is -4.59. The number of carboxylic acid groups (broad SMARTS) is 1. The molecule has 0 radical (unpaired) electrons. The number of alkyl halides is 3. The van der Waals surface area contributed by atoms with Crippen LogP contribution in [0.15, 0.2) is 54.7 Å². The molecule has 1 amide bonds. The predicted molar refractivity (Wildman–Crippen MR) is 144 cm³/mol. The van der Waals surface area contributed by atoms with Crippen LogP contribution in [0, 0.1) is 0 Å². The van der Waals surface area contributed by atoms with Crippen molar-refractivity contribution >= 4 is 17.4 Å². The Kier molecular flexibility index (Phi) is 8.56. The van der Waals surface area contributed by atoms with E-state index in [0.717, 1.165) is 43.1 Å². The van der Waals surface area contributed by atoms with Gasteiger partial charge in [-0.1, -0.05) is 43.2 Å². The van der Waals surface area contributed by atoms with Crippen molar-refractivity contribution in [3.05, 3.63) is 70.9 Å². The fourth-order valence-corrected chi connectivity index (χ4v) is 5.97. The molecule has 210 valence electrons. The van der Waals surface area contributed by atoms with Crippen molar-refractivity contribution in [2.45, 2.75) is 70.3 Å². The van der Waals surface area contributed by atoms with Gasteiger partial charge < -0.3 is 14.6 Å². The lowest BCUT2D eigenvalue weighted by Crippen LogP contribution is -2.51. The van der Waals surface area contributed by atoms with Crippen LogP contribution in [0.25, 0.3) is 10.4 Å². The van der Waals surface area contributed by atoms with Crippen molar-refractivity contribution in [2.75, 3.05) is 13.2 Å². The maximum absolute atomic E-state index is 13.9. The summed E-state index contributed by atoms with van der Waals surface area (Å²) in [5.41, 5.74) is -1.34. The maximum Gasteiger partial charge on any atom is 0.419 e. The number of amides is 1. The molecule has 1 aromatic heterocycles. The molecule has 1 unspecified atom stereocenters. The topological polar surface area (TPSA) is 71.9 Å². The van der Waals surface area contributed by atoms with Gasteiger partial charge >= 0.3 is 12.3 Å². The third kappa shape index (κ3) is 6.55. The zero-order valence-corrected chi connectivity index (χ0v) is 23.1. The van der Waals surface area contributed by atoms with Crippen LogP contribution in [0.1, 0.15) is 62.6 Å². The quantitative estimate of drug-likeness (QED) is 0.254. The van der Waals surface area contributed by atoms with Crippen molar-refractivity contribution in [2.24, 2.45) is 0 Å². The number of hydrogen-bond acceptors (Lipinski definition) is 5. The molecule has 1 N–H and O–H groups in total. The SMILES string of the molecule is CC1(C)OCC(C)(c2ncc(-c3ccc(OCCCCCCc4ccccc4)c(C(F)(F)F)c3)s2)N1C(=O)O.